The molecule has 1 amide bonds. The van der Waals surface area contributed by atoms with Crippen molar-refractivity contribution in [3.05, 3.63) is 47.8 Å². The minimum absolute atomic E-state index is 0.0382. The lowest BCUT2D eigenvalue weighted by Gasteiger charge is -2.06. The van der Waals surface area contributed by atoms with Gasteiger partial charge in [0.15, 0.2) is 5.65 Å². The Morgan fingerprint density at radius 1 is 1.17 bits per heavy atom. The first-order valence-electron chi connectivity index (χ1n) is 8.26. The van der Waals surface area contributed by atoms with Crippen LogP contribution >= 0.6 is 0 Å². The van der Waals surface area contributed by atoms with E-state index in [0.717, 1.165) is 34.3 Å². The maximum absolute atomic E-state index is 12.0. The minimum Gasteiger partial charge on any atom is -0.355 e. The van der Waals surface area contributed by atoms with Crippen LogP contribution in [0.25, 0.3) is 22.2 Å². The number of carbonyl (C=O) groups is 1. The van der Waals surface area contributed by atoms with Crippen LogP contribution in [0.15, 0.2) is 36.5 Å². The summed E-state index contributed by atoms with van der Waals surface area (Å²) in [4.78, 5) is 16.5. The van der Waals surface area contributed by atoms with Crippen molar-refractivity contribution >= 4 is 16.9 Å². The van der Waals surface area contributed by atoms with E-state index in [1.54, 1.807) is 10.9 Å². The van der Waals surface area contributed by atoms with Crippen molar-refractivity contribution in [2.45, 2.75) is 33.7 Å². The lowest BCUT2D eigenvalue weighted by Crippen LogP contribution is -2.28. The van der Waals surface area contributed by atoms with Crippen LogP contribution in [-0.2, 0) is 11.3 Å². The van der Waals surface area contributed by atoms with Crippen LogP contribution in [-0.4, -0.2) is 27.2 Å². The topological polar surface area (TPSA) is 59.8 Å². The number of amides is 1. The van der Waals surface area contributed by atoms with Crippen LogP contribution in [0.4, 0.5) is 0 Å². The second kappa shape index (κ2) is 6.83. The fraction of sp³-hybridized carbons (Fsp3) is 0.316. The number of nitrogens with one attached hydrogen (secondary N) is 1. The highest BCUT2D eigenvalue weighted by atomic mass is 16.2. The first-order valence-corrected chi connectivity index (χ1v) is 8.26. The number of hydrogen-bond donors (Lipinski definition) is 1. The summed E-state index contributed by atoms with van der Waals surface area (Å²) in [6, 6.07) is 10.4. The summed E-state index contributed by atoms with van der Waals surface area (Å²) in [6.45, 7) is 6.93. The van der Waals surface area contributed by atoms with Gasteiger partial charge >= 0.3 is 0 Å². The van der Waals surface area contributed by atoms with Gasteiger partial charge in [0.25, 0.3) is 0 Å². The molecule has 0 saturated heterocycles. The average Bonchev–Trinajstić information content (AvgIpc) is 2.90. The van der Waals surface area contributed by atoms with Crippen molar-refractivity contribution in [3.8, 4) is 11.1 Å². The second-order valence-electron chi connectivity index (χ2n) is 6.02. The van der Waals surface area contributed by atoms with Gasteiger partial charge in [-0.1, -0.05) is 36.8 Å². The first-order chi connectivity index (χ1) is 11.6. The molecular formula is C19H22N4O. The van der Waals surface area contributed by atoms with E-state index < -0.39 is 0 Å². The molecule has 0 bridgehead atoms. The molecule has 0 atom stereocenters. The number of aromatic nitrogens is 3. The SMILES string of the molecule is CCCNC(=O)Cn1nc(C)c2c(-c3ccc(C)cc3)ccnc21. The third kappa shape index (κ3) is 3.15. The van der Waals surface area contributed by atoms with Crippen LogP contribution in [0.3, 0.4) is 0 Å². The summed E-state index contributed by atoms with van der Waals surface area (Å²) in [5, 5.41) is 8.42. The Morgan fingerprint density at radius 3 is 2.62 bits per heavy atom. The number of aryl methyl sites for hydroxylation is 2. The van der Waals surface area contributed by atoms with Gasteiger partial charge in [-0.05, 0) is 37.5 Å². The summed E-state index contributed by atoms with van der Waals surface area (Å²) >= 11 is 0. The molecule has 0 unspecified atom stereocenters. The predicted molar refractivity (Wildman–Crippen MR) is 95.7 cm³/mol. The van der Waals surface area contributed by atoms with Gasteiger partial charge in [0.1, 0.15) is 6.54 Å². The van der Waals surface area contributed by atoms with E-state index in [1.807, 2.05) is 19.9 Å². The number of nitrogens with zero attached hydrogens (tertiary/aromatic N) is 3. The van der Waals surface area contributed by atoms with E-state index in [2.05, 4.69) is 46.6 Å². The highest BCUT2D eigenvalue weighted by molar-refractivity contribution is 5.95. The number of rotatable bonds is 5. The molecule has 1 aromatic carbocycles. The van der Waals surface area contributed by atoms with Gasteiger partial charge in [-0.3, -0.25) is 4.79 Å². The zero-order chi connectivity index (χ0) is 17.1. The molecule has 0 aliphatic rings. The lowest BCUT2D eigenvalue weighted by molar-refractivity contribution is -0.121. The maximum Gasteiger partial charge on any atom is 0.241 e. The predicted octanol–water partition coefficient (Wildman–Crippen LogP) is 3.24. The van der Waals surface area contributed by atoms with Crippen LogP contribution < -0.4 is 5.32 Å². The molecule has 1 N–H and O–H groups in total. The Balaban J connectivity index is 2.02. The molecule has 0 saturated carbocycles. The van der Waals surface area contributed by atoms with Gasteiger partial charge in [0.05, 0.1) is 5.69 Å². The van der Waals surface area contributed by atoms with Crippen LogP contribution in [0.5, 0.6) is 0 Å². The number of hydrogen-bond acceptors (Lipinski definition) is 3. The van der Waals surface area contributed by atoms with E-state index >= 15 is 0 Å². The Morgan fingerprint density at radius 2 is 1.92 bits per heavy atom. The number of carbonyl (C=O) groups excluding carboxylic acids is 1. The zero-order valence-electron chi connectivity index (χ0n) is 14.3. The Labute approximate surface area is 141 Å². The fourth-order valence-corrected chi connectivity index (χ4v) is 2.82. The Kier molecular flexibility index (Phi) is 4.60. The lowest BCUT2D eigenvalue weighted by atomic mass is 10.0. The van der Waals surface area contributed by atoms with E-state index in [-0.39, 0.29) is 12.5 Å². The molecule has 5 nitrogen and oxygen atoms in total. The molecule has 3 aromatic rings. The van der Waals surface area contributed by atoms with E-state index in [9.17, 15) is 4.79 Å². The standard InChI is InChI=1S/C19H22N4O/c1-4-10-20-17(24)12-23-19-18(14(3)22-23)16(9-11-21-19)15-7-5-13(2)6-8-15/h5-9,11H,4,10,12H2,1-3H3,(H,20,24). The Hall–Kier alpha value is -2.69. The zero-order valence-corrected chi connectivity index (χ0v) is 14.3. The normalized spacial score (nSPS) is 11.0. The number of pyridine rings is 1. The van der Waals surface area contributed by atoms with Gasteiger partial charge in [-0.2, -0.15) is 5.10 Å². The molecule has 0 radical (unpaired) electrons. The van der Waals surface area contributed by atoms with Gasteiger partial charge < -0.3 is 5.32 Å². The van der Waals surface area contributed by atoms with Gasteiger partial charge in [-0.25, -0.2) is 9.67 Å². The Bertz CT molecular complexity index is 865. The van der Waals surface area contributed by atoms with Gasteiger partial charge in [0, 0.05) is 18.1 Å². The first kappa shape index (κ1) is 16.2. The van der Waals surface area contributed by atoms with Gasteiger partial charge in [-0.15, -0.1) is 0 Å². The smallest absolute Gasteiger partial charge is 0.241 e. The highest BCUT2D eigenvalue weighted by Gasteiger charge is 2.15. The third-order valence-corrected chi connectivity index (χ3v) is 4.04. The van der Waals surface area contributed by atoms with Crippen molar-refractivity contribution in [2.75, 3.05) is 6.54 Å². The molecule has 3 rings (SSSR count). The van der Waals surface area contributed by atoms with Crippen LogP contribution in [0, 0.1) is 13.8 Å². The molecule has 2 heterocycles. The van der Waals surface area contributed by atoms with Crippen molar-refractivity contribution in [2.24, 2.45) is 0 Å². The molecule has 5 heteroatoms. The van der Waals surface area contributed by atoms with E-state index in [1.165, 1.54) is 5.56 Å². The van der Waals surface area contributed by atoms with Gasteiger partial charge in [0.2, 0.25) is 5.91 Å². The van der Waals surface area contributed by atoms with Crippen LogP contribution in [0.1, 0.15) is 24.6 Å². The fourth-order valence-electron chi connectivity index (χ4n) is 2.82. The van der Waals surface area contributed by atoms with Crippen LogP contribution in [0.2, 0.25) is 0 Å². The van der Waals surface area contributed by atoms with Crippen molar-refractivity contribution in [1.29, 1.82) is 0 Å². The second-order valence-corrected chi connectivity index (χ2v) is 6.02. The summed E-state index contributed by atoms with van der Waals surface area (Å²) in [5.74, 6) is -0.0382. The van der Waals surface area contributed by atoms with Crippen molar-refractivity contribution in [3.63, 3.8) is 0 Å². The number of fused-ring (bicyclic) bond motifs is 1. The quantitative estimate of drug-likeness (QED) is 0.784. The monoisotopic (exact) mass is 322 g/mol. The maximum atomic E-state index is 12.0. The summed E-state index contributed by atoms with van der Waals surface area (Å²) in [5.41, 5.74) is 5.09. The van der Waals surface area contributed by atoms with E-state index in [4.69, 9.17) is 0 Å². The summed E-state index contributed by atoms with van der Waals surface area (Å²) in [6.07, 6.45) is 2.69. The summed E-state index contributed by atoms with van der Waals surface area (Å²) < 4.78 is 1.69. The third-order valence-electron chi connectivity index (χ3n) is 4.04. The van der Waals surface area contributed by atoms with Crippen molar-refractivity contribution < 1.29 is 4.79 Å². The molecule has 2 aromatic heterocycles. The molecule has 0 aliphatic carbocycles. The van der Waals surface area contributed by atoms with Crippen molar-refractivity contribution in [1.82, 2.24) is 20.1 Å². The minimum atomic E-state index is -0.0382. The molecule has 0 fully saturated rings. The molecule has 124 valence electrons. The number of benzene rings is 1. The molecule has 24 heavy (non-hydrogen) atoms. The summed E-state index contributed by atoms with van der Waals surface area (Å²) in [7, 11) is 0. The largest absolute Gasteiger partial charge is 0.355 e. The molecule has 0 spiro atoms. The molecular weight excluding hydrogens is 300 g/mol. The van der Waals surface area contributed by atoms with E-state index in [0.29, 0.717) is 6.54 Å². The highest BCUT2D eigenvalue weighted by Crippen LogP contribution is 2.29. The average molecular weight is 322 g/mol. The molecule has 0 aliphatic heterocycles.